The summed E-state index contributed by atoms with van der Waals surface area (Å²) in [7, 11) is 0. The Kier molecular flexibility index (Phi) is 2.02. The molecule has 0 bridgehead atoms. The van der Waals surface area contributed by atoms with E-state index < -0.39 is 5.97 Å². The van der Waals surface area contributed by atoms with Crippen LogP contribution in [0.5, 0.6) is 0 Å². The predicted molar refractivity (Wildman–Crippen MR) is 43.4 cm³/mol. The van der Waals surface area contributed by atoms with Crippen molar-refractivity contribution in [2.45, 2.75) is 18.9 Å². The number of carbonyl (C=O) groups is 1. The van der Waals surface area contributed by atoms with Crippen LogP contribution in [0.25, 0.3) is 0 Å². The van der Waals surface area contributed by atoms with E-state index in [1.807, 2.05) is 0 Å². The molecule has 1 aromatic heterocycles. The minimum absolute atomic E-state index is 0.0244. The smallest absolute Gasteiger partial charge is 0.357 e. The van der Waals surface area contributed by atoms with Crippen LogP contribution in [-0.4, -0.2) is 22.6 Å². The topological polar surface area (TPSA) is 75.4 Å². The van der Waals surface area contributed by atoms with E-state index in [4.69, 9.17) is 9.52 Å². The second kappa shape index (κ2) is 3.18. The third-order valence-electron chi connectivity index (χ3n) is 2.10. The molecule has 1 aliphatic rings. The summed E-state index contributed by atoms with van der Waals surface area (Å²) in [5.41, 5.74) is -0.0244. The highest BCUT2D eigenvalue weighted by Crippen LogP contribution is 2.21. The Bertz CT molecular complexity index is 315. The molecule has 1 aromatic rings. The number of hydrogen-bond donors (Lipinski definition) is 2. The Morgan fingerprint density at radius 2 is 2.62 bits per heavy atom. The van der Waals surface area contributed by atoms with Gasteiger partial charge in [0.1, 0.15) is 6.26 Å². The van der Waals surface area contributed by atoms with Gasteiger partial charge in [-0.3, -0.25) is 0 Å². The van der Waals surface area contributed by atoms with Crippen LogP contribution in [0, 0.1) is 0 Å². The van der Waals surface area contributed by atoms with Crippen molar-refractivity contribution in [1.29, 1.82) is 0 Å². The Morgan fingerprint density at radius 1 is 1.77 bits per heavy atom. The molecule has 5 nitrogen and oxygen atoms in total. The number of aromatic nitrogens is 1. The molecule has 0 radical (unpaired) electrons. The van der Waals surface area contributed by atoms with Gasteiger partial charge in [0.25, 0.3) is 0 Å². The minimum atomic E-state index is -1.05. The molecule has 2 N–H and O–H groups in total. The van der Waals surface area contributed by atoms with Gasteiger partial charge < -0.3 is 14.8 Å². The summed E-state index contributed by atoms with van der Waals surface area (Å²) in [6, 6.07) is 0.0908. The van der Waals surface area contributed by atoms with E-state index >= 15 is 0 Å². The van der Waals surface area contributed by atoms with Crippen LogP contribution >= 0.6 is 0 Å². The fraction of sp³-hybridized carbons (Fsp3) is 0.500. The Labute approximate surface area is 74.8 Å². The molecular weight excluding hydrogens is 172 g/mol. The largest absolute Gasteiger partial charge is 0.476 e. The van der Waals surface area contributed by atoms with Gasteiger partial charge >= 0.3 is 5.97 Å². The molecule has 5 heteroatoms. The summed E-state index contributed by atoms with van der Waals surface area (Å²) in [6.45, 7) is 0.940. The third kappa shape index (κ3) is 1.55. The molecule has 2 heterocycles. The monoisotopic (exact) mass is 182 g/mol. The standard InChI is InChI=1S/C8H10N2O3/c11-8(12)6-4-13-7(10-6)5-2-1-3-9-5/h4-5,9H,1-3H2,(H,11,12)/t5-/m1/s1. The van der Waals surface area contributed by atoms with E-state index in [0.717, 1.165) is 19.4 Å². The number of rotatable bonds is 2. The highest BCUT2D eigenvalue weighted by Gasteiger charge is 2.22. The minimum Gasteiger partial charge on any atom is -0.476 e. The first-order chi connectivity index (χ1) is 6.27. The quantitative estimate of drug-likeness (QED) is 0.707. The first-order valence-electron chi connectivity index (χ1n) is 4.19. The normalized spacial score (nSPS) is 22.0. The summed E-state index contributed by atoms with van der Waals surface area (Å²) in [6.07, 6.45) is 3.21. The number of aromatic carboxylic acids is 1. The summed E-state index contributed by atoms with van der Waals surface area (Å²) < 4.78 is 5.06. The zero-order chi connectivity index (χ0) is 9.26. The molecule has 0 saturated carbocycles. The maximum Gasteiger partial charge on any atom is 0.357 e. The van der Waals surface area contributed by atoms with Crippen LogP contribution in [0.3, 0.4) is 0 Å². The van der Waals surface area contributed by atoms with Crippen LogP contribution < -0.4 is 5.32 Å². The summed E-state index contributed by atoms with van der Waals surface area (Å²) in [4.78, 5) is 14.3. The molecule has 0 amide bonds. The number of oxazole rings is 1. The highest BCUT2D eigenvalue weighted by atomic mass is 16.4. The van der Waals surface area contributed by atoms with E-state index in [0.29, 0.717) is 5.89 Å². The molecule has 1 atom stereocenters. The van der Waals surface area contributed by atoms with Crippen molar-refractivity contribution in [3.05, 3.63) is 17.8 Å². The van der Waals surface area contributed by atoms with Gasteiger partial charge in [0, 0.05) is 0 Å². The zero-order valence-corrected chi connectivity index (χ0v) is 6.99. The SMILES string of the molecule is O=C(O)c1coc([C@H]2CCCN2)n1. The maximum absolute atomic E-state index is 10.5. The Morgan fingerprint density at radius 3 is 3.15 bits per heavy atom. The average Bonchev–Trinajstić information content (AvgIpc) is 2.75. The van der Waals surface area contributed by atoms with Gasteiger partial charge in [-0.15, -0.1) is 0 Å². The van der Waals surface area contributed by atoms with Crippen molar-refractivity contribution in [3.63, 3.8) is 0 Å². The lowest BCUT2D eigenvalue weighted by Crippen LogP contribution is -2.13. The molecule has 2 rings (SSSR count). The fourth-order valence-corrected chi connectivity index (χ4v) is 1.44. The lowest BCUT2D eigenvalue weighted by Gasteiger charge is -2.02. The molecule has 0 unspecified atom stereocenters. The second-order valence-corrected chi connectivity index (χ2v) is 3.03. The van der Waals surface area contributed by atoms with Gasteiger partial charge in [-0.05, 0) is 19.4 Å². The zero-order valence-electron chi connectivity index (χ0n) is 6.99. The molecule has 0 aliphatic carbocycles. The van der Waals surface area contributed by atoms with E-state index in [1.165, 1.54) is 6.26 Å². The van der Waals surface area contributed by atoms with Gasteiger partial charge in [0.05, 0.1) is 6.04 Å². The van der Waals surface area contributed by atoms with Crippen molar-refractivity contribution in [1.82, 2.24) is 10.3 Å². The maximum atomic E-state index is 10.5. The lowest BCUT2D eigenvalue weighted by molar-refractivity contribution is 0.0690. The van der Waals surface area contributed by atoms with Gasteiger partial charge in [0.2, 0.25) is 5.89 Å². The van der Waals surface area contributed by atoms with E-state index in [2.05, 4.69) is 10.3 Å². The number of hydrogen-bond acceptors (Lipinski definition) is 4. The Hall–Kier alpha value is -1.36. The molecule has 0 spiro atoms. The van der Waals surface area contributed by atoms with Crippen molar-refractivity contribution < 1.29 is 14.3 Å². The van der Waals surface area contributed by atoms with Crippen molar-refractivity contribution >= 4 is 5.97 Å². The lowest BCUT2D eigenvalue weighted by atomic mass is 10.2. The third-order valence-corrected chi connectivity index (χ3v) is 2.10. The summed E-state index contributed by atoms with van der Waals surface area (Å²) in [5, 5.41) is 11.8. The van der Waals surface area contributed by atoms with E-state index in [9.17, 15) is 4.79 Å². The van der Waals surface area contributed by atoms with Crippen LogP contribution in [-0.2, 0) is 0 Å². The molecular formula is C8H10N2O3. The predicted octanol–water partition coefficient (Wildman–Crippen LogP) is 0.797. The number of nitrogens with one attached hydrogen (secondary N) is 1. The van der Waals surface area contributed by atoms with Crippen LogP contribution in [0.15, 0.2) is 10.7 Å². The summed E-state index contributed by atoms with van der Waals surface area (Å²) in [5.74, 6) is -0.567. The van der Waals surface area contributed by atoms with Gasteiger partial charge in [-0.1, -0.05) is 0 Å². The number of carboxylic acids is 1. The molecule has 1 saturated heterocycles. The highest BCUT2D eigenvalue weighted by molar-refractivity contribution is 5.84. The van der Waals surface area contributed by atoms with Gasteiger partial charge in [-0.25, -0.2) is 9.78 Å². The summed E-state index contributed by atoms with van der Waals surface area (Å²) >= 11 is 0. The van der Waals surface area contributed by atoms with Crippen LogP contribution in [0.1, 0.15) is 35.3 Å². The molecule has 13 heavy (non-hydrogen) atoms. The van der Waals surface area contributed by atoms with Gasteiger partial charge in [-0.2, -0.15) is 0 Å². The average molecular weight is 182 g/mol. The van der Waals surface area contributed by atoms with Crippen molar-refractivity contribution in [2.75, 3.05) is 6.54 Å². The number of carboxylic acid groups (broad SMARTS) is 1. The molecule has 70 valence electrons. The van der Waals surface area contributed by atoms with E-state index in [1.54, 1.807) is 0 Å². The fourth-order valence-electron chi connectivity index (χ4n) is 1.44. The molecule has 1 fully saturated rings. The van der Waals surface area contributed by atoms with Crippen molar-refractivity contribution in [2.24, 2.45) is 0 Å². The molecule has 0 aromatic carbocycles. The Balaban J connectivity index is 2.16. The van der Waals surface area contributed by atoms with Gasteiger partial charge in [0.15, 0.2) is 5.69 Å². The van der Waals surface area contributed by atoms with Crippen LogP contribution in [0.2, 0.25) is 0 Å². The van der Waals surface area contributed by atoms with Crippen molar-refractivity contribution in [3.8, 4) is 0 Å². The van der Waals surface area contributed by atoms with Crippen LogP contribution in [0.4, 0.5) is 0 Å². The molecule has 1 aliphatic heterocycles. The first kappa shape index (κ1) is 8.25. The number of nitrogens with zero attached hydrogens (tertiary/aromatic N) is 1. The first-order valence-corrected chi connectivity index (χ1v) is 4.19. The second-order valence-electron chi connectivity index (χ2n) is 3.03. The van der Waals surface area contributed by atoms with E-state index in [-0.39, 0.29) is 11.7 Å².